The SMILES string of the molecule is O=C(Nc1nc2ccc(Cl)cn2n1)N[C@H]1c2ccccc2C[C@H]1O. The van der Waals surface area contributed by atoms with Crippen molar-refractivity contribution in [1.82, 2.24) is 19.9 Å². The minimum Gasteiger partial charge on any atom is -0.390 e. The van der Waals surface area contributed by atoms with Crippen molar-refractivity contribution in [1.29, 1.82) is 0 Å². The van der Waals surface area contributed by atoms with Crippen LogP contribution in [0.4, 0.5) is 10.7 Å². The number of rotatable bonds is 2. The van der Waals surface area contributed by atoms with Crippen molar-refractivity contribution in [3.63, 3.8) is 0 Å². The van der Waals surface area contributed by atoms with Gasteiger partial charge in [0.15, 0.2) is 5.65 Å². The molecule has 0 saturated heterocycles. The van der Waals surface area contributed by atoms with Gasteiger partial charge in [-0.15, -0.1) is 5.10 Å². The van der Waals surface area contributed by atoms with E-state index < -0.39 is 18.2 Å². The van der Waals surface area contributed by atoms with Crippen LogP contribution in [-0.2, 0) is 6.42 Å². The summed E-state index contributed by atoms with van der Waals surface area (Å²) in [6, 6.07) is 10.1. The first-order chi connectivity index (χ1) is 11.6. The van der Waals surface area contributed by atoms with E-state index in [9.17, 15) is 9.90 Å². The number of pyridine rings is 1. The van der Waals surface area contributed by atoms with Crippen molar-refractivity contribution in [2.45, 2.75) is 18.6 Å². The fourth-order valence-electron chi connectivity index (χ4n) is 2.94. The molecule has 1 aromatic carbocycles. The Labute approximate surface area is 142 Å². The molecule has 2 heterocycles. The number of carbonyl (C=O) groups excluding carboxylic acids is 1. The van der Waals surface area contributed by atoms with Gasteiger partial charge in [0.05, 0.1) is 17.2 Å². The summed E-state index contributed by atoms with van der Waals surface area (Å²) in [5.74, 6) is 0.163. The normalized spacial score (nSPS) is 19.2. The molecule has 2 amide bonds. The number of hydrogen-bond donors (Lipinski definition) is 3. The Bertz CT molecular complexity index is 926. The van der Waals surface area contributed by atoms with Gasteiger partial charge in [-0.2, -0.15) is 4.98 Å². The minimum atomic E-state index is -0.652. The lowest BCUT2D eigenvalue weighted by molar-refractivity contribution is 0.144. The molecule has 4 rings (SSSR count). The molecule has 7 nitrogen and oxygen atoms in total. The van der Waals surface area contributed by atoms with Crippen molar-refractivity contribution in [2.75, 3.05) is 5.32 Å². The van der Waals surface area contributed by atoms with Crippen LogP contribution in [0, 0.1) is 0 Å². The Morgan fingerprint density at radius 3 is 3.00 bits per heavy atom. The molecule has 24 heavy (non-hydrogen) atoms. The van der Waals surface area contributed by atoms with Gasteiger partial charge < -0.3 is 10.4 Å². The summed E-state index contributed by atoms with van der Waals surface area (Å²) >= 11 is 5.89. The van der Waals surface area contributed by atoms with E-state index in [0.717, 1.165) is 11.1 Å². The summed E-state index contributed by atoms with van der Waals surface area (Å²) < 4.78 is 1.48. The minimum absolute atomic E-state index is 0.163. The Morgan fingerprint density at radius 1 is 1.29 bits per heavy atom. The Hall–Kier alpha value is -2.64. The highest BCUT2D eigenvalue weighted by Gasteiger charge is 2.32. The summed E-state index contributed by atoms with van der Waals surface area (Å²) in [6.45, 7) is 0. The van der Waals surface area contributed by atoms with Gasteiger partial charge in [-0.25, -0.2) is 9.31 Å². The van der Waals surface area contributed by atoms with Gasteiger partial charge in [0.1, 0.15) is 0 Å². The lowest BCUT2D eigenvalue weighted by Crippen LogP contribution is -2.37. The van der Waals surface area contributed by atoms with Crippen molar-refractivity contribution >= 4 is 29.2 Å². The zero-order valence-electron chi connectivity index (χ0n) is 12.5. The van der Waals surface area contributed by atoms with Crippen LogP contribution in [0.15, 0.2) is 42.6 Å². The zero-order valence-corrected chi connectivity index (χ0v) is 13.2. The maximum Gasteiger partial charge on any atom is 0.322 e. The molecule has 0 aliphatic heterocycles. The summed E-state index contributed by atoms with van der Waals surface area (Å²) in [5.41, 5.74) is 2.53. The lowest BCUT2D eigenvalue weighted by atomic mass is 10.1. The predicted octanol–water partition coefficient (Wildman–Crippen LogP) is 2.16. The van der Waals surface area contributed by atoms with Crippen LogP contribution in [-0.4, -0.2) is 31.8 Å². The number of nitrogens with zero attached hydrogens (tertiary/aromatic N) is 3. The van der Waals surface area contributed by atoms with Crippen LogP contribution in [0.1, 0.15) is 17.2 Å². The number of urea groups is 1. The molecule has 1 aliphatic rings. The summed E-state index contributed by atoms with van der Waals surface area (Å²) in [5, 5.41) is 20.2. The number of aromatic nitrogens is 3. The van der Waals surface area contributed by atoms with Gasteiger partial charge in [0.2, 0.25) is 0 Å². The number of carbonyl (C=O) groups is 1. The molecular weight excluding hydrogens is 330 g/mol. The van der Waals surface area contributed by atoms with Gasteiger partial charge in [0, 0.05) is 12.6 Å². The molecule has 3 aromatic rings. The highest BCUT2D eigenvalue weighted by Crippen LogP contribution is 2.31. The molecule has 122 valence electrons. The summed E-state index contributed by atoms with van der Waals surface area (Å²) in [6.07, 6.45) is 1.47. The third-order valence-electron chi connectivity index (χ3n) is 4.01. The first-order valence-corrected chi connectivity index (χ1v) is 7.83. The molecule has 0 spiro atoms. The molecular formula is C16H14ClN5O2. The molecule has 0 unspecified atom stereocenters. The van der Waals surface area contributed by atoms with E-state index in [1.807, 2.05) is 24.3 Å². The van der Waals surface area contributed by atoms with E-state index in [0.29, 0.717) is 17.1 Å². The highest BCUT2D eigenvalue weighted by atomic mass is 35.5. The number of anilines is 1. The third-order valence-corrected chi connectivity index (χ3v) is 4.23. The van der Waals surface area contributed by atoms with Crippen LogP contribution < -0.4 is 10.6 Å². The van der Waals surface area contributed by atoms with E-state index in [2.05, 4.69) is 20.7 Å². The highest BCUT2D eigenvalue weighted by molar-refractivity contribution is 6.30. The number of nitrogens with one attached hydrogen (secondary N) is 2. The standard InChI is InChI=1S/C16H14ClN5O2/c17-10-5-6-13-18-15(21-22(13)8-10)20-16(24)19-14-11-4-2-1-3-9(11)7-12(14)23/h1-6,8,12,14,23H,7H2,(H2,19,20,21,24)/t12-,14+/m1/s1. The predicted molar refractivity (Wildman–Crippen MR) is 89.0 cm³/mol. The van der Waals surface area contributed by atoms with Gasteiger partial charge >= 0.3 is 6.03 Å². The Kier molecular flexibility index (Phi) is 3.59. The van der Waals surface area contributed by atoms with Crippen molar-refractivity contribution in [2.24, 2.45) is 0 Å². The maximum absolute atomic E-state index is 12.2. The smallest absolute Gasteiger partial charge is 0.322 e. The molecule has 0 saturated carbocycles. The zero-order chi connectivity index (χ0) is 16.7. The number of amides is 2. The first kappa shape index (κ1) is 14.9. The quantitative estimate of drug-likeness (QED) is 0.665. The second-order valence-corrected chi connectivity index (χ2v) is 6.07. The van der Waals surface area contributed by atoms with E-state index in [1.54, 1.807) is 18.3 Å². The largest absolute Gasteiger partial charge is 0.390 e. The molecule has 1 aliphatic carbocycles. The van der Waals surface area contributed by atoms with Crippen LogP contribution in [0.25, 0.3) is 5.65 Å². The monoisotopic (exact) mass is 343 g/mol. The summed E-state index contributed by atoms with van der Waals surface area (Å²) in [7, 11) is 0. The molecule has 2 aromatic heterocycles. The van der Waals surface area contributed by atoms with Crippen LogP contribution >= 0.6 is 11.6 Å². The van der Waals surface area contributed by atoms with Gasteiger partial charge in [-0.1, -0.05) is 35.9 Å². The molecule has 0 bridgehead atoms. The summed E-state index contributed by atoms with van der Waals surface area (Å²) in [4.78, 5) is 16.4. The van der Waals surface area contributed by atoms with Crippen LogP contribution in [0.5, 0.6) is 0 Å². The van der Waals surface area contributed by atoms with E-state index >= 15 is 0 Å². The van der Waals surface area contributed by atoms with Crippen molar-refractivity contribution < 1.29 is 9.90 Å². The van der Waals surface area contributed by atoms with E-state index in [1.165, 1.54) is 4.52 Å². The molecule has 8 heteroatoms. The number of aliphatic hydroxyl groups excluding tert-OH is 1. The first-order valence-electron chi connectivity index (χ1n) is 7.45. The fraction of sp³-hybridized carbons (Fsp3) is 0.188. The Morgan fingerprint density at radius 2 is 2.12 bits per heavy atom. The molecule has 2 atom stereocenters. The van der Waals surface area contributed by atoms with Crippen LogP contribution in [0.2, 0.25) is 5.02 Å². The second-order valence-electron chi connectivity index (χ2n) is 5.63. The fourth-order valence-corrected chi connectivity index (χ4v) is 3.09. The van der Waals surface area contributed by atoms with Crippen molar-refractivity contribution in [3.8, 4) is 0 Å². The average Bonchev–Trinajstić information content (AvgIpc) is 3.07. The number of benzene rings is 1. The molecule has 0 radical (unpaired) electrons. The topological polar surface area (TPSA) is 91.6 Å². The number of halogens is 1. The molecule has 3 N–H and O–H groups in total. The Balaban J connectivity index is 1.50. The van der Waals surface area contributed by atoms with E-state index in [-0.39, 0.29) is 5.95 Å². The third kappa shape index (κ3) is 2.68. The average molecular weight is 344 g/mol. The number of aliphatic hydroxyl groups is 1. The van der Waals surface area contributed by atoms with Gasteiger partial charge in [0.25, 0.3) is 5.95 Å². The number of fused-ring (bicyclic) bond motifs is 2. The van der Waals surface area contributed by atoms with Crippen molar-refractivity contribution in [3.05, 3.63) is 58.7 Å². The lowest BCUT2D eigenvalue weighted by Gasteiger charge is -2.17. The van der Waals surface area contributed by atoms with Gasteiger partial charge in [-0.05, 0) is 23.3 Å². The second kappa shape index (κ2) is 5.77. The number of hydrogen-bond acceptors (Lipinski definition) is 4. The maximum atomic E-state index is 12.2. The van der Waals surface area contributed by atoms with E-state index in [4.69, 9.17) is 11.6 Å². The molecule has 0 fully saturated rings. The van der Waals surface area contributed by atoms with Crippen LogP contribution in [0.3, 0.4) is 0 Å². The van der Waals surface area contributed by atoms with Gasteiger partial charge in [-0.3, -0.25) is 5.32 Å².